The maximum Gasteiger partial charge on any atom is 0.290 e. The second kappa shape index (κ2) is 4.83. The molecule has 0 radical (unpaired) electrons. The lowest BCUT2D eigenvalue weighted by Crippen LogP contribution is -2.35. The molecule has 6 nitrogen and oxygen atoms in total. The molecule has 0 unspecified atom stereocenters. The Labute approximate surface area is 127 Å². The van der Waals surface area contributed by atoms with Crippen LogP contribution in [-0.2, 0) is 20.9 Å². The minimum Gasteiger partial charge on any atom is -0.454 e. The van der Waals surface area contributed by atoms with Gasteiger partial charge in [0.25, 0.3) is 5.91 Å². The first-order valence-corrected chi connectivity index (χ1v) is 7.40. The molecule has 22 heavy (non-hydrogen) atoms. The number of Topliss-reactive ketones (excluding diaryl/α,β-unsaturated/α-hetero) is 2. The van der Waals surface area contributed by atoms with Crippen molar-refractivity contribution in [1.82, 2.24) is 4.90 Å². The molecule has 1 atom stereocenters. The summed E-state index contributed by atoms with van der Waals surface area (Å²) in [6, 6.07) is 3.69. The molecule has 0 spiro atoms. The highest BCUT2D eigenvalue weighted by Gasteiger charge is 2.35. The van der Waals surface area contributed by atoms with E-state index in [9.17, 15) is 14.4 Å². The molecule has 0 N–H and O–H groups in total. The standard InChI is InChI=1S/C16H15NO5/c18-12-1-2-13(19)16(20)17-4-3-10(12)11-6-15-14(21-8-22-15)5-9(11)7-17/h5-6,10H,1-4,7-8H2/t10-/m1/s1. The summed E-state index contributed by atoms with van der Waals surface area (Å²) in [5.74, 6) is 0.0440. The molecule has 3 aliphatic heterocycles. The number of nitrogens with zero attached hydrogens (tertiary/aromatic N) is 1. The number of carbonyl (C=O) groups excluding carboxylic acids is 3. The van der Waals surface area contributed by atoms with Gasteiger partial charge in [-0.1, -0.05) is 0 Å². The maximum absolute atomic E-state index is 12.5. The average molecular weight is 301 g/mol. The molecule has 1 aromatic carbocycles. The smallest absolute Gasteiger partial charge is 0.290 e. The molecular formula is C16H15NO5. The number of ether oxygens (including phenoxy) is 2. The van der Waals surface area contributed by atoms with Gasteiger partial charge in [-0.25, -0.2) is 0 Å². The van der Waals surface area contributed by atoms with Crippen molar-refractivity contribution in [3.05, 3.63) is 23.3 Å². The van der Waals surface area contributed by atoms with Crippen LogP contribution in [0.1, 0.15) is 36.3 Å². The fourth-order valence-corrected chi connectivity index (χ4v) is 3.39. The summed E-state index contributed by atoms with van der Waals surface area (Å²) in [6.45, 7) is 0.917. The van der Waals surface area contributed by atoms with Crippen LogP contribution in [0.5, 0.6) is 11.5 Å². The first kappa shape index (κ1) is 13.3. The monoisotopic (exact) mass is 301 g/mol. The Morgan fingerprint density at radius 1 is 1.05 bits per heavy atom. The topological polar surface area (TPSA) is 72.9 Å². The molecule has 1 fully saturated rings. The predicted octanol–water partition coefficient (Wildman–Crippen LogP) is 1.16. The molecule has 0 saturated carbocycles. The van der Waals surface area contributed by atoms with E-state index in [0.29, 0.717) is 31.0 Å². The Morgan fingerprint density at radius 3 is 2.64 bits per heavy atom. The van der Waals surface area contributed by atoms with E-state index in [0.717, 1.165) is 11.1 Å². The maximum atomic E-state index is 12.5. The van der Waals surface area contributed by atoms with Gasteiger partial charge in [0.2, 0.25) is 12.6 Å². The molecule has 1 amide bonds. The molecule has 0 aromatic heterocycles. The molecular weight excluding hydrogens is 286 g/mol. The molecule has 0 aliphatic carbocycles. The predicted molar refractivity (Wildman–Crippen MR) is 74.6 cm³/mol. The van der Waals surface area contributed by atoms with Gasteiger partial charge in [0, 0.05) is 31.8 Å². The summed E-state index contributed by atoms with van der Waals surface area (Å²) in [4.78, 5) is 38.1. The van der Waals surface area contributed by atoms with Crippen LogP contribution in [0.3, 0.4) is 0 Å². The van der Waals surface area contributed by atoms with Gasteiger partial charge in [0.1, 0.15) is 5.78 Å². The van der Waals surface area contributed by atoms with Crippen LogP contribution < -0.4 is 9.47 Å². The molecule has 2 bridgehead atoms. The van der Waals surface area contributed by atoms with E-state index in [1.165, 1.54) is 0 Å². The third kappa shape index (κ3) is 1.98. The molecule has 1 saturated heterocycles. The lowest BCUT2D eigenvalue weighted by molar-refractivity contribution is -0.145. The van der Waals surface area contributed by atoms with Crippen molar-refractivity contribution in [2.75, 3.05) is 13.3 Å². The summed E-state index contributed by atoms with van der Waals surface area (Å²) in [6.07, 6.45) is 0.673. The zero-order chi connectivity index (χ0) is 15.3. The van der Waals surface area contributed by atoms with Crippen LogP contribution in [0.2, 0.25) is 0 Å². The van der Waals surface area contributed by atoms with Crippen molar-refractivity contribution in [3.8, 4) is 11.5 Å². The van der Waals surface area contributed by atoms with Crippen LogP contribution in [0, 0.1) is 0 Å². The van der Waals surface area contributed by atoms with Gasteiger partial charge in [-0.05, 0) is 29.7 Å². The number of benzene rings is 1. The Morgan fingerprint density at radius 2 is 1.82 bits per heavy atom. The first-order valence-electron chi connectivity index (χ1n) is 7.40. The van der Waals surface area contributed by atoms with E-state index < -0.39 is 11.7 Å². The van der Waals surface area contributed by atoms with Gasteiger partial charge in [-0.3, -0.25) is 14.4 Å². The van der Waals surface area contributed by atoms with E-state index in [2.05, 4.69) is 0 Å². The molecule has 114 valence electrons. The highest BCUT2D eigenvalue weighted by Crippen LogP contribution is 2.41. The number of carbonyl (C=O) groups is 3. The fraction of sp³-hybridized carbons (Fsp3) is 0.438. The zero-order valence-electron chi connectivity index (χ0n) is 12.0. The number of ketones is 2. The summed E-state index contributed by atoms with van der Waals surface area (Å²) >= 11 is 0. The number of hydrogen-bond acceptors (Lipinski definition) is 5. The van der Waals surface area contributed by atoms with E-state index in [4.69, 9.17) is 9.47 Å². The number of fused-ring (bicyclic) bond motifs is 6. The summed E-state index contributed by atoms with van der Waals surface area (Å²) < 4.78 is 10.8. The lowest BCUT2D eigenvalue weighted by Gasteiger charge is -2.20. The van der Waals surface area contributed by atoms with Crippen molar-refractivity contribution in [3.63, 3.8) is 0 Å². The molecule has 3 aliphatic rings. The number of amides is 1. The van der Waals surface area contributed by atoms with Crippen LogP contribution in [-0.4, -0.2) is 35.7 Å². The highest BCUT2D eigenvalue weighted by atomic mass is 16.7. The lowest BCUT2D eigenvalue weighted by atomic mass is 9.86. The third-order valence-corrected chi connectivity index (χ3v) is 4.57. The van der Waals surface area contributed by atoms with E-state index in [1.807, 2.05) is 12.1 Å². The van der Waals surface area contributed by atoms with Crippen molar-refractivity contribution in [2.45, 2.75) is 31.7 Å². The van der Waals surface area contributed by atoms with Crippen LogP contribution in [0.4, 0.5) is 0 Å². The normalized spacial score (nSPS) is 23.7. The molecule has 4 rings (SSSR count). The minimum atomic E-state index is -0.487. The molecule has 1 aromatic rings. The quantitative estimate of drug-likeness (QED) is 0.672. The van der Waals surface area contributed by atoms with Gasteiger partial charge in [-0.15, -0.1) is 0 Å². The summed E-state index contributed by atoms with van der Waals surface area (Å²) in [5, 5.41) is 0. The van der Waals surface area contributed by atoms with Gasteiger partial charge in [0.15, 0.2) is 11.5 Å². The second-order valence-electron chi connectivity index (χ2n) is 5.86. The SMILES string of the molecule is O=C1CCC(=O)[C@@H]2CCN(Cc3cc4c(cc32)OCO4)C1=O. The van der Waals surface area contributed by atoms with Gasteiger partial charge < -0.3 is 14.4 Å². The Hall–Kier alpha value is -2.37. The Kier molecular flexibility index (Phi) is 2.92. The number of rotatable bonds is 0. The Bertz CT molecular complexity index is 696. The van der Waals surface area contributed by atoms with Crippen LogP contribution in [0.25, 0.3) is 0 Å². The van der Waals surface area contributed by atoms with Crippen molar-refractivity contribution in [1.29, 1.82) is 0 Å². The second-order valence-corrected chi connectivity index (χ2v) is 5.86. The first-order chi connectivity index (χ1) is 10.6. The molecule has 6 heteroatoms. The van der Waals surface area contributed by atoms with Gasteiger partial charge in [-0.2, -0.15) is 0 Å². The highest BCUT2D eigenvalue weighted by molar-refractivity contribution is 6.36. The largest absolute Gasteiger partial charge is 0.454 e. The zero-order valence-corrected chi connectivity index (χ0v) is 12.0. The van der Waals surface area contributed by atoms with Crippen molar-refractivity contribution in [2.24, 2.45) is 0 Å². The minimum absolute atomic E-state index is 0.00452. The summed E-state index contributed by atoms with van der Waals surface area (Å²) in [7, 11) is 0. The number of hydrogen-bond donors (Lipinski definition) is 0. The van der Waals surface area contributed by atoms with E-state index in [1.54, 1.807) is 4.90 Å². The summed E-state index contributed by atoms with van der Waals surface area (Å²) in [5.41, 5.74) is 1.77. The average Bonchev–Trinajstić information content (AvgIpc) is 2.89. The van der Waals surface area contributed by atoms with Crippen molar-refractivity contribution < 1.29 is 23.9 Å². The molecule has 3 heterocycles. The van der Waals surface area contributed by atoms with Crippen LogP contribution in [0.15, 0.2) is 12.1 Å². The van der Waals surface area contributed by atoms with E-state index in [-0.39, 0.29) is 31.3 Å². The van der Waals surface area contributed by atoms with E-state index >= 15 is 0 Å². The third-order valence-electron chi connectivity index (χ3n) is 4.57. The van der Waals surface area contributed by atoms with Crippen molar-refractivity contribution >= 4 is 17.5 Å². The fourth-order valence-electron chi connectivity index (χ4n) is 3.39. The Balaban J connectivity index is 1.85. The van der Waals surface area contributed by atoms with Crippen LogP contribution >= 0.6 is 0 Å². The van der Waals surface area contributed by atoms with Gasteiger partial charge in [0.05, 0.1) is 0 Å². The van der Waals surface area contributed by atoms with Gasteiger partial charge >= 0.3 is 0 Å².